The van der Waals surface area contributed by atoms with Gasteiger partial charge < -0.3 is 14.2 Å². The van der Waals surface area contributed by atoms with E-state index in [9.17, 15) is 4.79 Å². The monoisotopic (exact) mass is 236 g/mol. The maximum absolute atomic E-state index is 10.9. The van der Waals surface area contributed by atoms with Crippen LogP contribution in [0.4, 0.5) is 0 Å². The van der Waals surface area contributed by atoms with E-state index in [1.54, 1.807) is 6.92 Å². The summed E-state index contributed by atoms with van der Waals surface area (Å²) in [7, 11) is 0. The van der Waals surface area contributed by atoms with Crippen LogP contribution in [-0.4, -0.2) is 19.4 Å². The van der Waals surface area contributed by atoms with Crippen molar-refractivity contribution >= 4 is 5.97 Å². The number of carbonyl (C=O) groups excluding carboxylic acids is 1. The summed E-state index contributed by atoms with van der Waals surface area (Å²) >= 11 is 0. The van der Waals surface area contributed by atoms with Gasteiger partial charge in [-0.05, 0) is 30.5 Å². The Kier molecular flexibility index (Phi) is 3.85. The van der Waals surface area contributed by atoms with E-state index in [4.69, 9.17) is 14.2 Å². The van der Waals surface area contributed by atoms with Crippen LogP contribution in [0.3, 0.4) is 0 Å². The van der Waals surface area contributed by atoms with Crippen molar-refractivity contribution in [1.29, 1.82) is 0 Å². The predicted molar refractivity (Wildman–Crippen MR) is 62.1 cm³/mol. The van der Waals surface area contributed by atoms with Crippen molar-refractivity contribution in [3.8, 4) is 11.5 Å². The minimum Gasteiger partial charge on any atom is -0.466 e. The molecule has 1 aliphatic rings. The Morgan fingerprint density at radius 2 is 2.18 bits per heavy atom. The maximum Gasteiger partial charge on any atom is 0.305 e. The van der Waals surface area contributed by atoms with Crippen molar-refractivity contribution in [2.45, 2.75) is 26.2 Å². The number of hydrogen-bond donors (Lipinski definition) is 0. The summed E-state index contributed by atoms with van der Waals surface area (Å²) in [6.45, 7) is 2.56. The first-order valence-corrected chi connectivity index (χ1v) is 5.83. The van der Waals surface area contributed by atoms with Gasteiger partial charge in [0, 0.05) is 6.42 Å². The number of rotatable bonds is 5. The SMILES string of the molecule is CCC(=O)OCCCc1ccc2c(c1)OCO2. The summed E-state index contributed by atoms with van der Waals surface area (Å²) in [6.07, 6.45) is 2.13. The van der Waals surface area contributed by atoms with Gasteiger partial charge in [-0.1, -0.05) is 13.0 Å². The quantitative estimate of drug-likeness (QED) is 0.581. The summed E-state index contributed by atoms with van der Waals surface area (Å²) in [4.78, 5) is 10.9. The highest BCUT2D eigenvalue weighted by molar-refractivity contribution is 5.68. The lowest BCUT2D eigenvalue weighted by molar-refractivity contribution is -0.143. The molecule has 0 amide bonds. The molecule has 0 fully saturated rings. The highest BCUT2D eigenvalue weighted by Crippen LogP contribution is 2.32. The molecule has 0 saturated heterocycles. The number of esters is 1. The van der Waals surface area contributed by atoms with Gasteiger partial charge in [0.2, 0.25) is 6.79 Å². The van der Waals surface area contributed by atoms with Crippen molar-refractivity contribution < 1.29 is 19.0 Å². The molecule has 1 aromatic carbocycles. The lowest BCUT2D eigenvalue weighted by Gasteiger charge is -2.04. The van der Waals surface area contributed by atoms with E-state index in [1.165, 1.54) is 5.56 Å². The van der Waals surface area contributed by atoms with Gasteiger partial charge in [-0.25, -0.2) is 0 Å². The zero-order valence-electron chi connectivity index (χ0n) is 9.90. The first-order valence-electron chi connectivity index (χ1n) is 5.83. The van der Waals surface area contributed by atoms with Crippen LogP contribution in [0.1, 0.15) is 25.3 Å². The van der Waals surface area contributed by atoms with Crippen LogP contribution < -0.4 is 9.47 Å². The Labute approximate surface area is 100 Å². The third-order valence-electron chi connectivity index (χ3n) is 2.60. The second-order valence-electron chi connectivity index (χ2n) is 3.87. The Bertz CT molecular complexity index is 400. The highest BCUT2D eigenvalue weighted by Gasteiger charge is 2.12. The molecular formula is C13H16O4. The van der Waals surface area contributed by atoms with Gasteiger partial charge in [0.1, 0.15) is 0 Å². The molecule has 1 aliphatic heterocycles. The van der Waals surface area contributed by atoms with E-state index < -0.39 is 0 Å². The molecule has 1 heterocycles. The van der Waals surface area contributed by atoms with Crippen LogP contribution >= 0.6 is 0 Å². The molecule has 92 valence electrons. The Morgan fingerprint density at radius 3 is 3.00 bits per heavy atom. The van der Waals surface area contributed by atoms with Gasteiger partial charge in [-0.2, -0.15) is 0 Å². The fourth-order valence-electron chi connectivity index (χ4n) is 1.66. The van der Waals surface area contributed by atoms with Crippen molar-refractivity contribution in [3.63, 3.8) is 0 Å². The summed E-state index contributed by atoms with van der Waals surface area (Å²) in [6, 6.07) is 5.90. The first-order chi connectivity index (χ1) is 8.29. The van der Waals surface area contributed by atoms with Crippen molar-refractivity contribution in [2.75, 3.05) is 13.4 Å². The van der Waals surface area contributed by atoms with Gasteiger partial charge >= 0.3 is 5.97 Å². The summed E-state index contributed by atoms with van der Waals surface area (Å²) < 4.78 is 15.5. The Hall–Kier alpha value is -1.71. The van der Waals surface area contributed by atoms with Crippen LogP contribution in [0.25, 0.3) is 0 Å². The summed E-state index contributed by atoms with van der Waals surface area (Å²) in [5.74, 6) is 1.45. The van der Waals surface area contributed by atoms with Crippen molar-refractivity contribution in [3.05, 3.63) is 23.8 Å². The molecule has 0 N–H and O–H groups in total. The summed E-state index contributed by atoms with van der Waals surface area (Å²) in [5, 5.41) is 0. The average Bonchev–Trinajstić information content (AvgIpc) is 2.81. The standard InChI is InChI=1S/C13H16O4/c1-2-13(14)15-7-3-4-10-5-6-11-12(8-10)17-9-16-11/h5-6,8H,2-4,7,9H2,1H3. The van der Waals surface area contributed by atoms with Gasteiger partial charge in [-0.3, -0.25) is 4.79 Å². The van der Waals surface area contributed by atoms with Crippen LogP contribution in [0.15, 0.2) is 18.2 Å². The van der Waals surface area contributed by atoms with Gasteiger partial charge in [0.05, 0.1) is 6.61 Å². The molecule has 0 radical (unpaired) electrons. The van der Waals surface area contributed by atoms with E-state index in [0.29, 0.717) is 19.8 Å². The molecule has 0 bridgehead atoms. The molecule has 4 nitrogen and oxygen atoms in total. The van der Waals surface area contributed by atoms with Gasteiger partial charge in [-0.15, -0.1) is 0 Å². The zero-order chi connectivity index (χ0) is 12.1. The molecule has 0 saturated carbocycles. The molecule has 0 spiro atoms. The number of benzene rings is 1. The van der Waals surface area contributed by atoms with E-state index in [1.807, 2.05) is 18.2 Å². The fraction of sp³-hybridized carbons (Fsp3) is 0.462. The third-order valence-corrected chi connectivity index (χ3v) is 2.60. The molecule has 1 aromatic rings. The molecule has 17 heavy (non-hydrogen) atoms. The number of ether oxygens (including phenoxy) is 3. The molecule has 0 unspecified atom stereocenters. The highest BCUT2D eigenvalue weighted by atomic mass is 16.7. The predicted octanol–water partition coefficient (Wildman–Crippen LogP) is 2.30. The van der Waals surface area contributed by atoms with Crippen LogP contribution in [-0.2, 0) is 16.0 Å². The number of hydrogen-bond acceptors (Lipinski definition) is 4. The van der Waals surface area contributed by atoms with Crippen LogP contribution in [0, 0.1) is 0 Å². The molecule has 0 aromatic heterocycles. The van der Waals surface area contributed by atoms with Gasteiger partial charge in [0.25, 0.3) is 0 Å². The molecule has 2 rings (SSSR count). The molecular weight excluding hydrogens is 220 g/mol. The maximum atomic E-state index is 10.9. The topological polar surface area (TPSA) is 44.8 Å². The van der Waals surface area contributed by atoms with E-state index in [-0.39, 0.29) is 5.97 Å². The minimum absolute atomic E-state index is 0.143. The average molecular weight is 236 g/mol. The van der Waals surface area contributed by atoms with E-state index in [0.717, 1.165) is 24.3 Å². The number of carbonyl (C=O) groups is 1. The Balaban J connectivity index is 1.78. The minimum atomic E-state index is -0.143. The molecule has 0 atom stereocenters. The third kappa shape index (κ3) is 3.12. The van der Waals surface area contributed by atoms with Crippen LogP contribution in [0.2, 0.25) is 0 Å². The zero-order valence-corrected chi connectivity index (χ0v) is 9.90. The normalized spacial score (nSPS) is 12.5. The van der Waals surface area contributed by atoms with Crippen molar-refractivity contribution in [1.82, 2.24) is 0 Å². The second kappa shape index (κ2) is 5.57. The Morgan fingerprint density at radius 1 is 1.35 bits per heavy atom. The summed E-state index contributed by atoms with van der Waals surface area (Å²) in [5.41, 5.74) is 1.17. The number of fused-ring (bicyclic) bond motifs is 1. The molecule has 0 aliphatic carbocycles. The van der Waals surface area contributed by atoms with Crippen molar-refractivity contribution in [2.24, 2.45) is 0 Å². The first kappa shape index (κ1) is 11.8. The van der Waals surface area contributed by atoms with E-state index >= 15 is 0 Å². The molecule has 4 heteroatoms. The van der Waals surface area contributed by atoms with Crippen LogP contribution in [0.5, 0.6) is 11.5 Å². The number of aryl methyl sites for hydroxylation is 1. The second-order valence-corrected chi connectivity index (χ2v) is 3.87. The van der Waals surface area contributed by atoms with Gasteiger partial charge in [0.15, 0.2) is 11.5 Å². The lowest BCUT2D eigenvalue weighted by Crippen LogP contribution is -2.04. The van der Waals surface area contributed by atoms with E-state index in [2.05, 4.69) is 0 Å². The largest absolute Gasteiger partial charge is 0.466 e. The lowest BCUT2D eigenvalue weighted by atomic mass is 10.1. The smallest absolute Gasteiger partial charge is 0.305 e. The fourth-order valence-corrected chi connectivity index (χ4v) is 1.66.